The Balaban J connectivity index is 2.70. The van der Waals surface area contributed by atoms with Gasteiger partial charge in [-0.3, -0.25) is 0 Å². The zero-order chi connectivity index (χ0) is 8.55. The minimum Gasteiger partial charge on any atom is -0.391 e. The first-order valence-corrected chi connectivity index (χ1v) is 5.05. The summed E-state index contributed by atoms with van der Waals surface area (Å²) in [5.74, 6) is 0. The molecule has 0 bridgehead atoms. The molecule has 0 aliphatic heterocycles. The Morgan fingerprint density at radius 1 is 1.58 bits per heavy atom. The van der Waals surface area contributed by atoms with Crippen LogP contribution in [0, 0.1) is 11.3 Å². The number of fused-ring (bicyclic) bond motifs is 1. The van der Waals surface area contributed by atoms with Crippen molar-refractivity contribution >= 4 is 32.1 Å². The van der Waals surface area contributed by atoms with Gasteiger partial charge in [0.15, 0.2) is 0 Å². The van der Waals surface area contributed by atoms with Gasteiger partial charge in [0.2, 0.25) is 0 Å². The van der Waals surface area contributed by atoms with Crippen LogP contribution in [0.25, 0.3) is 9.40 Å². The Bertz CT molecular complexity index is 449. The van der Waals surface area contributed by atoms with Crippen molar-refractivity contribution in [3.8, 4) is 6.07 Å². The summed E-state index contributed by atoms with van der Waals surface area (Å²) < 4.78 is 1.12. The second-order valence-electron chi connectivity index (χ2n) is 2.33. The molecule has 0 saturated carbocycles. The van der Waals surface area contributed by atoms with Gasteiger partial charge in [0.1, 0.15) is 6.07 Å². The first-order valence-electron chi connectivity index (χ1n) is 3.36. The van der Waals surface area contributed by atoms with Crippen molar-refractivity contribution in [2.45, 2.75) is 6.61 Å². The molecule has 2 nitrogen and oxygen atoms in total. The fourth-order valence-electron chi connectivity index (χ4n) is 1.04. The molecule has 0 atom stereocenters. The van der Waals surface area contributed by atoms with Crippen molar-refractivity contribution in [3.63, 3.8) is 0 Å². The average molecular weight is 195 g/mol. The SMILES string of the molecule is N#Cc1csc2sc(CO)cc12. The third-order valence-corrected chi connectivity index (χ3v) is 3.84. The smallest absolute Gasteiger partial charge is 0.101 e. The molecule has 2 aromatic heterocycles. The highest BCUT2D eigenvalue weighted by Gasteiger charge is 2.07. The van der Waals surface area contributed by atoms with Crippen LogP contribution in [-0.2, 0) is 6.61 Å². The number of thiophene rings is 2. The predicted octanol–water partition coefficient (Wildman–Crippen LogP) is 2.33. The maximum Gasteiger partial charge on any atom is 0.101 e. The molecular formula is C8H5NOS2. The lowest BCUT2D eigenvalue weighted by atomic mass is 10.2. The molecule has 0 radical (unpaired) electrons. The molecule has 12 heavy (non-hydrogen) atoms. The maximum atomic E-state index is 8.85. The highest BCUT2D eigenvalue weighted by atomic mass is 32.2. The largest absolute Gasteiger partial charge is 0.391 e. The topological polar surface area (TPSA) is 44.0 Å². The van der Waals surface area contributed by atoms with Crippen LogP contribution in [-0.4, -0.2) is 5.11 Å². The van der Waals surface area contributed by atoms with Crippen molar-refractivity contribution in [2.24, 2.45) is 0 Å². The molecule has 4 heteroatoms. The fraction of sp³-hybridized carbons (Fsp3) is 0.125. The van der Waals surface area contributed by atoms with Crippen LogP contribution >= 0.6 is 22.7 Å². The lowest BCUT2D eigenvalue weighted by Crippen LogP contribution is -1.71. The Morgan fingerprint density at radius 2 is 2.42 bits per heavy atom. The maximum absolute atomic E-state index is 8.85. The van der Waals surface area contributed by atoms with Gasteiger partial charge in [-0.2, -0.15) is 5.26 Å². The molecule has 0 aliphatic rings. The lowest BCUT2D eigenvalue weighted by molar-refractivity contribution is 0.285. The van der Waals surface area contributed by atoms with Gasteiger partial charge >= 0.3 is 0 Å². The summed E-state index contributed by atoms with van der Waals surface area (Å²) in [6, 6.07) is 4.01. The normalized spacial score (nSPS) is 10.3. The van der Waals surface area contributed by atoms with Gasteiger partial charge in [0, 0.05) is 15.6 Å². The van der Waals surface area contributed by atoms with Crippen molar-refractivity contribution < 1.29 is 5.11 Å². The van der Waals surface area contributed by atoms with E-state index in [9.17, 15) is 0 Å². The van der Waals surface area contributed by atoms with E-state index in [1.165, 1.54) is 0 Å². The third kappa shape index (κ3) is 1.03. The van der Waals surface area contributed by atoms with Gasteiger partial charge in [-0.05, 0) is 6.07 Å². The molecule has 0 fully saturated rings. The second-order valence-corrected chi connectivity index (χ2v) is 4.61. The minimum absolute atomic E-state index is 0.0664. The average Bonchev–Trinajstić information content (AvgIpc) is 2.61. The summed E-state index contributed by atoms with van der Waals surface area (Å²) in [4.78, 5) is 0.924. The summed E-state index contributed by atoms with van der Waals surface area (Å²) in [6.07, 6.45) is 0. The van der Waals surface area contributed by atoms with Gasteiger partial charge < -0.3 is 5.11 Å². The molecule has 0 saturated heterocycles. The molecule has 2 rings (SSSR count). The van der Waals surface area contributed by atoms with Crippen LogP contribution in [0.2, 0.25) is 0 Å². The number of aliphatic hydroxyl groups is 1. The first kappa shape index (κ1) is 7.74. The highest BCUT2D eigenvalue weighted by Crippen LogP contribution is 2.33. The van der Waals surface area contributed by atoms with Gasteiger partial charge in [-0.25, -0.2) is 0 Å². The molecule has 2 heterocycles. The molecule has 0 unspecified atom stereocenters. The van der Waals surface area contributed by atoms with Gasteiger partial charge in [0.25, 0.3) is 0 Å². The Morgan fingerprint density at radius 3 is 3.08 bits per heavy atom. The molecule has 2 aromatic rings. The van der Waals surface area contributed by atoms with Crippen LogP contribution in [0.1, 0.15) is 10.4 Å². The number of nitrogens with zero attached hydrogens (tertiary/aromatic N) is 1. The van der Waals surface area contributed by atoms with Crippen molar-refractivity contribution in [1.29, 1.82) is 5.26 Å². The lowest BCUT2D eigenvalue weighted by Gasteiger charge is -1.81. The van der Waals surface area contributed by atoms with Crippen molar-refractivity contribution in [2.75, 3.05) is 0 Å². The predicted molar refractivity (Wildman–Crippen MR) is 50.3 cm³/mol. The summed E-state index contributed by atoms with van der Waals surface area (Å²) >= 11 is 3.11. The van der Waals surface area contributed by atoms with E-state index in [4.69, 9.17) is 10.4 Å². The van der Waals surface area contributed by atoms with Crippen LogP contribution in [0.15, 0.2) is 11.4 Å². The third-order valence-electron chi connectivity index (χ3n) is 1.60. The van der Waals surface area contributed by atoms with E-state index < -0.39 is 0 Å². The summed E-state index contributed by atoms with van der Waals surface area (Å²) in [7, 11) is 0. The monoisotopic (exact) mass is 195 g/mol. The van der Waals surface area contributed by atoms with Crippen LogP contribution in [0.3, 0.4) is 0 Å². The standard InChI is InChI=1S/C8H5NOS2/c9-2-5-4-11-8-7(5)1-6(3-10)12-8/h1,4,10H,3H2. The second kappa shape index (κ2) is 2.87. The Labute approximate surface area is 77.3 Å². The molecular weight excluding hydrogens is 190 g/mol. The highest BCUT2D eigenvalue weighted by molar-refractivity contribution is 7.37. The van der Waals surface area contributed by atoms with Crippen LogP contribution in [0.4, 0.5) is 0 Å². The number of hydrogen-bond acceptors (Lipinski definition) is 4. The van der Waals surface area contributed by atoms with Crippen molar-refractivity contribution in [1.82, 2.24) is 0 Å². The summed E-state index contributed by atoms with van der Waals surface area (Å²) in [5.41, 5.74) is 0.714. The Hall–Kier alpha value is -0.890. The van der Waals surface area contributed by atoms with E-state index in [0.29, 0.717) is 5.56 Å². The summed E-state index contributed by atoms with van der Waals surface area (Å²) in [5, 5.41) is 20.4. The molecule has 60 valence electrons. The molecule has 0 spiro atoms. The van der Waals surface area contributed by atoms with Crippen LogP contribution in [0.5, 0.6) is 0 Å². The number of nitriles is 1. The van der Waals surface area contributed by atoms with Crippen LogP contribution < -0.4 is 0 Å². The number of rotatable bonds is 1. The number of hydrogen-bond donors (Lipinski definition) is 1. The first-order chi connectivity index (χ1) is 5.85. The van der Waals surface area contributed by atoms with Crippen molar-refractivity contribution in [3.05, 3.63) is 21.9 Å². The van der Waals surface area contributed by atoms with E-state index in [-0.39, 0.29) is 6.61 Å². The molecule has 0 amide bonds. The quantitative estimate of drug-likeness (QED) is 0.759. The van der Waals surface area contributed by atoms with Gasteiger partial charge in [-0.15, -0.1) is 22.7 Å². The molecule has 0 aliphatic carbocycles. The summed E-state index contributed by atoms with van der Waals surface area (Å²) in [6.45, 7) is 0.0664. The Kier molecular flexibility index (Phi) is 1.85. The zero-order valence-electron chi connectivity index (χ0n) is 6.07. The van der Waals surface area contributed by atoms with E-state index in [2.05, 4.69) is 6.07 Å². The van der Waals surface area contributed by atoms with Gasteiger partial charge in [-0.1, -0.05) is 0 Å². The zero-order valence-corrected chi connectivity index (χ0v) is 7.71. The minimum atomic E-state index is 0.0664. The van der Waals surface area contributed by atoms with E-state index in [1.54, 1.807) is 22.7 Å². The molecule has 1 N–H and O–H groups in total. The number of aliphatic hydroxyl groups excluding tert-OH is 1. The van der Waals surface area contributed by atoms with E-state index in [1.807, 2.05) is 11.4 Å². The molecule has 0 aromatic carbocycles. The fourth-order valence-corrected chi connectivity index (χ4v) is 3.16. The van der Waals surface area contributed by atoms with E-state index in [0.717, 1.165) is 14.3 Å². The van der Waals surface area contributed by atoms with Gasteiger partial charge in [0.05, 0.1) is 16.2 Å². The van der Waals surface area contributed by atoms with E-state index >= 15 is 0 Å².